The molecular formula is C27H35N5O3. The van der Waals surface area contributed by atoms with Crippen LogP contribution in [-0.2, 0) is 11.3 Å². The second kappa shape index (κ2) is 9.98. The standard InChI is InChI=1S/C27H35N5O3/c1-17(2)21-16-34-24-8-7-19(30-25(21)24)12-29-22-13-28-10-9-23(22)32-14-18(3)11-20(15-32)31-26(33)35-27(4,5)6/h7-10,13,16,18,20,29H,1,11-12,14-15H2,2-6H3,(H,31,33). The van der Waals surface area contributed by atoms with E-state index in [9.17, 15) is 4.79 Å². The van der Waals surface area contributed by atoms with Gasteiger partial charge in [0, 0.05) is 30.9 Å². The van der Waals surface area contributed by atoms with Crippen molar-refractivity contribution in [2.45, 2.75) is 59.2 Å². The molecule has 0 spiro atoms. The van der Waals surface area contributed by atoms with Crippen molar-refractivity contribution < 1.29 is 13.9 Å². The summed E-state index contributed by atoms with van der Waals surface area (Å²) in [6, 6.07) is 5.91. The number of ether oxygens (including phenoxy) is 1. The summed E-state index contributed by atoms with van der Waals surface area (Å²) in [5.41, 5.74) is 5.77. The summed E-state index contributed by atoms with van der Waals surface area (Å²) in [4.78, 5) is 23.8. The van der Waals surface area contributed by atoms with E-state index in [1.807, 2.05) is 52.1 Å². The molecule has 1 amide bonds. The van der Waals surface area contributed by atoms with E-state index in [2.05, 4.69) is 34.0 Å². The van der Waals surface area contributed by atoms with Crippen molar-refractivity contribution in [3.05, 3.63) is 54.7 Å². The van der Waals surface area contributed by atoms with Gasteiger partial charge < -0.3 is 24.7 Å². The summed E-state index contributed by atoms with van der Waals surface area (Å²) < 4.78 is 11.1. The van der Waals surface area contributed by atoms with Gasteiger partial charge >= 0.3 is 6.09 Å². The highest BCUT2D eigenvalue weighted by Gasteiger charge is 2.29. The maximum atomic E-state index is 12.3. The van der Waals surface area contributed by atoms with Crippen LogP contribution in [0.3, 0.4) is 0 Å². The van der Waals surface area contributed by atoms with E-state index in [1.165, 1.54) is 0 Å². The Morgan fingerprint density at radius 1 is 1.29 bits per heavy atom. The van der Waals surface area contributed by atoms with E-state index >= 15 is 0 Å². The number of nitrogens with one attached hydrogen (secondary N) is 2. The number of aromatic nitrogens is 2. The zero-order valence-corrected chi connectivity index (χ0v) is 21.2. The number of anilines is 2. The van der Waals surface area contributed by atoms with Crippen LogP contribution in [0, 0.1) is 5.92 Å². The first-order valence-electron chi connectivity index (χ1n) is 12.0. The monoisotopic (exact) mass is 477 g/mol. The van der Waals surface area contributed by atoms with Gasteiger partial charge in [-0.1, -0.05) is 13.5 Å². The van der Waals surface area contributed by atoms with Crippen molar-refractivity contribution >= 4 is 34.1 Å². The third-order valence-electron chi connectivity index (χ3n) is 5.91. The highest BCUT2D eigenvalue weighted by Crippen LogP contribution is 2.30. The molecule has 0 bridgehead atoms. The Morgan fingerprint density at radius 2 is 2.09 bits per heavy atom. The van der Waals surface area contributed by atoms with Gasteiger partial charge in [-0.25, -0.2) is 9.78 Å². The fourth-order valence-corrected chi connectivity index (χ4v) is 4.47. The largest absolute Gasteiger partial charge is 0.462 e. The Kier molecular flexibility index (Phi) is 7.00. The summed E-state index contributed by atoms with van der Waals surface area (Å²) in [7, 11) is 0. The van der Waals surface area contributed by atoms with Crippen molar-refractivity contribution in [1.82, 2.24) is 15.3 Å². The molecule has 1 fully saturated rings. The zero-order valence-electron chi connectivity index (χ0n) is 21.2. The number of piperidine rings is 1. The van der Waals surface area contributed by atoms with Gasteiger partial charge in [0.25, 0.3) is 0 Å². The molecule has 0 aliphatic carbocycles. The predicted molar refractivity (Wildman–Crippen MR) is 139 cm³/mol. The van der Waals surface area contributed by atoms with Crippen LogP contribution in [0.25, 0.3) is 16.7 Å². The van der Waals surface area contributed by atoms with Gasteiger partial charge in [-0.15, -0.1) is 0 Å². The fourth-order valence-electron chi connectivity index (χ4n) is 4.47. The molecule has 0 saturated carbocycles. The van der Waals surface area contributed by atoms with Gasteiger partial charge in [-0.05, 0) is 63.8 Å². The number of alkyl carbamates (subject to hydrolysis) is 1. The Labute approximate surface area is 206 Å². The van der Waals surface area contributed by atoms with Crippen LogP contribution in [0.1, 0.15) is 52.3 Å². The summed E-state index contributed by atoms with van der Waals surface area (Å²) in [5.74, 6) is 0.412. The maximum Gasteiger partial charge on any atom is 0.407 e. The lowest BCUT2D eigenvalue weighted by Crippen LogP contribution is -2.51. The normalized spacial score (nSPS) is 18.4. The number of rotatable bonds is 6. The quantitative estimate of drug-likeness (QED) is 0.477. The van der Waals surface area contributed by atoms with Crippen molar-refractivity contribution in [3.63, 3.8) is 0 Å². The first kappa shape index (κ1) is 24.6. The van der Waals surface area contributed by atoms with Crippen LogP contribution >= 0.6 is 0 Å². The summed E-state index contributed by atoms with van der Waals surface area (Å²) in [6.45, 7) is 15.9. The molecule has 8 heteroatoms. The second-order valence-corrected chi connectivity index (χ2v) is 10.4. The minimum Gasteiger partial charge on any atom is -0.462 e. The molecule has 8 nitrogen and oxygen atoms in total. The molecule has 1 saturated heterocycles. The zero-order chi connectivity index (χ0) is 25.2. The number of carbonyl (C=O) groups excluding carboxylic acids is 1. The van der Waals surface area contributed by atoms with Gasteiger partial charge in [0.1, 0.15) is 17.4 Å². The van der Waals surface area contributed by atoms with Crippen molar-refractivity contribution in [2.24, 2.45) is 5.92 Å². The number of pyridine rings is 2. The number of hydrogen-bond acceptors (Lipinski definition) is 7. The lowest BCUT2D eigenvalue weighted by molar-refractivity contribution is 0.0495. The maximum absolute atomic E-state index is 12.3. The molecule has 0 radical (unpaired) electrons. The Bertz CT molecular complexity index is 1210. The van der Waals surface area contributed by atoms with Crippen LogP contribution in [0.4, 0.5) is 16.2 Å². The molecule has 2 unspecified atom stereocenters. The minimum atomic E-state index is -0.523. The molecule has 4 heterocycles. The van der Waals surface area contributed by atoms with Gasteiger partial charge in [-0.2, -0.15) is 0 Å². The number of carbonyl (C=O) groups is 1. The van der Waals surface area contributed by atoms with E-state index < -0.39 is 5.60 Å². The first-order chi connectivity index (χ1) is 16.6. The van der Waals surface area contributed by atoms with E-state index in [0.29, 0.717) is 19.0 Å². The average Bonchev–Trinajstić information content (AvgIpc) is 3.19. The number of amides is 1. The summed E-state index contributed by atoms with van der Waals surface area (Å²) in [6.07, 6.45) is 5.87. The highest BCUT2D eigenvalue weighted by molar-refractivity contribution is 5.86. The van der Waals surface area contributed by atoms with E-state index in [-0.39, 0.29) is 12.1 Å². The van der Waals surface area contributed by atoms with Gasteiger partial charge in [0.05, 0.1) is 29.8 Å². The van der Waals surface area contributed by atoms with E-state index in [0.717, 1.165) is 52.3 Å². The van der Waals surface area contributed by atoms with Crippen molar-refractivity contribution in [3.8, 4) is 0 Å². The Balaban J connectivity index is 1.47. The van der Waals surface area contributed by atoms with Crippen LogP contribution < -0.4 is 15.5 Å². The molecule has 0 aromatic carbocycles. The molecule has 4 rings (SSSR count). The van der Waals surface area contributed by atoms with Gasteiger partial charge in [-0.3, -0.25) is 4.98 Å². The molecular weight excluding hydrogens is 442 g/mol. The van der Waals surface area contributed by atoms with E-state index in [1.54, 1.807) is 12.5 Å². The number of nitrogens with zero attached hydrogens (tertiary/aromatic N) is 3. The molecule has 2 N–H and O–H groups in total. The number of allylic oxidation sites excluding steroid dienone is 1. The fraction of sp³-hybridized carbons (Fsp3) is 0.444. The van der Waals surface area contributed by atoms with E-state index in [4.69, 9.17) is 14.1 Å². The molecule has 3 aromatic heterocycles. The average molecular weight is 478 g/mol. The van der Waals surface area contributed by atoms with Gasteiger partial charge in [0.15, 0.2) is 5.58 Å². The third-order valence-corrected chi connectivity index (χ3v) is 5.91. The molecule has 1 aliphatic rings. The second-order valence-electron chi connectivity index (χ2n) is 10.4. The minimum absolute atomic E-state index is 0.000319. The summed E-state index contributed by atoms with van der Waals surface area (Å²) >= 11 is 0. The Hall–Kier alpha value is -3.55. The molecule has 1 aliphatic heterocycles. The van der Waals surface area contributed by atoms with Gasteiger partial charge in [0.2, 0.25) is 0 Å². The molecule has 3 aromatic rings. The highest BCUT2D eigenvalue weighted by atomic mass is 16.6. The number of furan rings is 1. The molecule has 35 heavy (non-hydrogen) atoms. The number of fused-ring (bicyclic) bond motifs is 1. The van der Waals surface area contributed by atoms with Crippen molar-refractivity contribution in [2.75, 3.05) is 23.3 Å². The lowest BCUT2D eigenvalue weighted by Gasteiger charge is -2.39. The summed E-state index contributed by atoms with van der Waals surface area (Å²) in [5, 5.41) is 6.55. The first-order valence-corrected chi connectivity index (χ1v) is 12.0. The SMILES string of the molecule is C=C(C)c1coc2ccc(CNc3cnccc3N3CC(C)CC(NC(=O)OC(C)(C)C)C3)nc12. The molecule has 186 valence electrons. The third kappa shape index (κ3) is 6.12. The van der Waals surface area contributed by atoms with Crippen LogP contribution in [0.5, 0.6) is 0 Å². The Morgan fingerprint density at radius 3 is 2.83 bits per heavy atom. The van der Waals surface area contributed by atoms with Crippen molar-refractivity contribution in [1.29, 1.82) is 0 Å². The predicted octanol–water partition coefficient (Wildman–Crippen LogP) is 5.61. The smallest absolute Gasteiger partial charge is 0.407 e. The lowest BCUT2D eigenvalue weighted by atomic mass is 9.95. The molecule has 2 atom stereocenters. The number of hydrogen-bond donors (Lipinski definition) is 2. The topological polar surface area (TPSA) is 92.5 Å². The van der Waals surface area contributed by atoms with Crippen LogP contribution in [0.15, 0.2) is 47.9 Å². The van der Waals surface area contributed by atoms with Crippen LogP contribution in [-0.4, -0.2) is 40.8 Å². The van der Waals surface area contributed by atoms with Crippen LogP contribution in [0.2, 0.25) is 0 Å².